The molecule has 0 saturated carbocycles. The van der Waals surface area contributed by atoms with Crippen LogP contribution in [0.25, 0.3) is 0 Å². The zero-order valence-electron chi connectivity index (χ0n) is 10.2. The van der Waals surface area contributed by atoms with Gasteiger partial charge in [0, 0.05) is 16.4 Å². The third-order valence-electron chi connectivity index (χ3n) is 2.58. The second-order valence-electron chi connectivity index (χ2n) is 4.02. The molecule has 7 heteroatoms. The van der Waals surface area contributed by atoms with Crippen molar-refractivity contribution in [2.75, 3.05) is 5.32 Å². The van der Waals surface area contributed by atoms with Crippen molar-refractivity contribution >= 4 is 56.5 Å². The minimum absolute atomic E-state index is 0.0608. The molecule has 0 aliphatic heterocycles. The molecular weight excluding hydrogens is 367 g/mol. The summed E-state index contributed by atoms with van der Waals surface area (Å²) in [6.45, 7) is 1.77. The highest BCUT2D eigenvalue weighted by Crippen LogP contribution is 2.37. The van der Waals surface area contributed by atoms with E-state index in [1.54, 1.807) is 25.1 Å². The summed E-state index contributed by atoms with van der Waals surface area (Å²) in [5.41, 5.74) is 1.68. The van der Waals surface area contributed by atoms with Gasteiger partial charge in [-0.05, 0) is 41.1 Å². The van der Waals surface area contributed by atoms with E-state index in [0.29, 0.717) is 31.6 Å². The predicted molar refractivity (Wildman–Crippen MR) is 83.4 cm³/mol. The zero-order chi connectivity index (χ0) is 14.9. The van der Waals surface area contributed by atoms with Gasteiger partial charge in [-0.1, -0.05) is 23.2 Å². The van der Waals surface area contributed by atoms with Crippen LogP contribution in [-0.2, 0) is 0 Å². The maximum absolute atomic E-state index is 11.2. The van der Waals surface area contributed by atoms with E-state index in [4.69, 9.17) is 28.3 Å². The van der Waals surface area contributed by atoms with Crippen molar-refractivity contribution in [2.45, 2.75) is 6.92 Å². The van der Waals surface area contributed by atoms with Crippen molar-refractivity contribution in [3.63, 3.8) is 0 Å². The van der Waals surface area contributed by atoms with Crippen molar-refractivity contribution < 1.29 is 9.90 Å². The van der Waals surface area contributed by atoms with E-state index in [0.717, 1.165) is 0 Å². The largest absolute Gasteiger partial charge is 0.478 e. The molecule has 0 saturated heterocycles. The molecule has 2 N–H and O–H groups in total. The predicted octanol–water partition coefficient (Wildman–Crippen LogP) is 4.90. The molecule has 0 atom stereocenters. The summed E-state index contributed by atoms with van der Waals surface area (Å²) in [5, 5.41) is 12.8. The van der Waals surface area contributed by atoms with E-state index in [9.17, 15) is 4.79 Å². The summed E-state index contributed by atoms with van der Waals surface area (Å²) in [4.78, 5) is 15.2. The van der Waals surface area contributed by atoms with Crippen LogP contribution < -0.4 is 5.32 Å². The minimum Gasteiger partial charge on any atom is -0.478 e. The smallest absolute Gasteiger partial charge is 0.339 e. The van der Waals surface area contributed by atoms with Crippen LogP contribution in [0.4, 0.5) is 11.4 Å². The molecule has 0 spiro atoms. The van der Waals surface area contributed by atoms with E-state index >= 15 is 0 Å². The molecule has 2 rings (SSSR count). The lowest BCUT2D eigenvalue weighted by Gasteiger charge is -2.13. The number of nitrogens with one attached hydrogen (secondary N) is 1. The van der Waals surface area contributed by atoms with Crippen molar-refractivity contribution in [3.05, 3.63) is 50.2 Å². The lowest BCUT2D eigenvalue weighted by Crippen LogP contribution is -2.04. The maximum atomic E-state index is 11.2. The number of carbonyl (C=O) groups is 1. The fourth-order valence-electron chi connectivity index (χ4n) is 1.60. The van der Waals surface area contributed by atoms with Crippen LogP contribution in [-0.4, -0.2) is 16.1 Å². The van der Waals surface area contributed by atoms with Gasteiger partial charge in [-0.25, -0.2) is 4.79 Å². The average Bonchev–Trinajstić information content (AvgIpc) is 2.39. The molecule has 0 radical (unpaired) electrons. The molecule has 0 fully saturated rings. The number of aromatic carboxylic acids is 1. The molecule has 4 nitrogen and oxygen atoms in total. The van der Waals surface area contributed by atoms with Crippen LogP contribution in [0, 0.1) is 6.92 Å². The third kappa shape index (κ3) is 3.06. The van der Waals surface area contributed by atoms with E-state index < -0.39 is 5.97 Å². The Kier molecular flexibility index (Phi) is 4.52. The number of aromatic nitrogens is 1. The number of nitrogens with zero attached hydrogens (tertiary/aromatic N) is 1. The standard InChI is InChI=1S/C13H9BrCl2N2O2/c1-6-4-10(7(5-17-6)13(19)20)18-9-3-2-8(14)11(15)12(9)16/h2-5H,1H3,(H,17,18)(H,19,20). The van der Waals surface area contributed by atoms with Gasteiger partial charge in [0.1, 0.15) is 5.56 Å². The van der Waals surface area contributed by atoms with Crippen LogP contribution >= 0.6 is 39.1 Å². The number of carboxylic acid groups (broad SMARTS) is 1. The molecule has 0 bridgehead atoms. The molecule has 1 heterocycles. The van der Waals surface area contributed by atoms with Crippen LogP contribution in [0.1, 0.15) is 16.1 Å². The van der Waals surface area contributed by atoms with E-state index in [2.05, 4.69) is 26.2 Å². The maximum Gasteiger partial charge on any atom is 0.339 e. The topological polar surface area (TPSA) is 62.2 Å². The Bertz CT molecular complexity index is 692. The first-order valence-electron chi connectivity index (χ1n) is 5.50. The lowest BCUT2D eigenvalue weighted by atomic mass is 10.2. The highest BCUT2D eigenvalue weighted by molar-refractivity contribution is 9.10. The average molecular weight is 376 g/mol. The number of carboxylic acids is 1. The normalized spacial score (nSPS) is 10.4. The molecule has 104 valence electrons. The highest BCUT2D eigenvalue weighted by Gasteiger charge is 2.14. The number of hydrogen-bond acceptors (Lipinski definition) is 3. The zero-order valence-corrected chi connectivity index (χ0v) is 13.3. The van der Waals surface area contributed by atoms with Gasteiger partial charge in [-0.15, -0.1) is 0 Å². The SMILES string of the molecule is Cc1cc(Nc2ccc(Br)c(Cl)c2Cl)c(C(=O)O)cn1. The van der Waals surface area contributed by atoms with Gasteiger partial charge in [0.15, 0.2) is 0 Å². The van der Waals surface area contributed by atoms with Crippen molar-refractivity contribution in [1.82, 2.24) is 4.98 Å². The fraction of sp³-hybridized carbons (Fsp3) is 0.0769. The highest BCUT2D eigenvalue weighted by atomic mass is 79.9. The summed E-state index contributed by atoms with van der Waals surface area (Å²) in [5.74, 6) is -1.07. The number of halogens is 3. The molecule has 0 unspecified atom stereocenters. The van der Waals surface area contributed by atoms with Crippen molar-refractivity contribution in [3.8, 4) is 0 Å². The molecule has 1 aromatic carbocycles. The number of hydrogen-bond donors (Lipinski definition) is 2. The minimum atomic E-state index is -1.07. The summed E-state index contributed by atoms with van der Waals surface area (Å²) in [7, 11) is 0. The third-order valence-corrected chi connectivity index (χ3v) is 4.35. The second-order valence-corrected chi connectivity index (χ2v) is 5.63. The fourth-order valence-corrected chi connectivity index (χ4v) is 2.42. The molecule has 0 aliphatic carbocycles. The Morgan fingerprint density at radius 3 is 2.65 bits per heavy atom. The summed E-state index contributed by atoms with van der Waals surface area (Å²) >= 11 is 15.4. The molecule has 20 heavy (non-hydrogen) atoms. The number of aryl methyl sites for hydroxylation is 1. The molecule has 2 aromatic rings. The molecule has 1 aromatic heterocycles. The monoisotopic (exact) mass is 374 g/mol. The first-order valence-corrected chi connectivity index (χ1v) is 7.05. The van der Waals surface area contributed by atoms with Gasteiger partial charge in [0.25, 0.3) is 0 Å². The number of anilines is 2. The Labute approximate surface area is 133 Å². The van der Waals surface area contributed by atoms with Crippen LogP contribution in [0.5, 0.6) is 0 Å². The van der Waals surface area contributed by atoms with Crippen LogP contribution in [0.2, 0.25) is 10.0 Å². The molecule has 0 amide bonds. The van der Waals surface area contributed by atoms with Gasteiger partial charge in [0.05, 0.1) is 21.4 Å². The van der Waals surface area contributed by atoms with Gasteiger partial charge in [0.2, 0.25) is 0 Å². The summed E-state index contributed by atoms with van der Waals surface area (Å²) < 4.78 is 0.666. The van der Waals surface area contributed by atoms with E-state index in [-0.39, 0.29) is 5.56 Å². The first kappa shape index (κ1) is 15.1. The quantitative estimate of drug-likeness (QED) is 0.749. The Balaban J connectivity index is 2.47. The number of rotatable bonds is 3. The van der Waals surface area contributed by atoms with E-state index in [1.165, 1.54) is 6.20 Å². The summed E-state index contributed by atoms with van der Waals surface area (Å²) in [6.07, 6.45) is 1.30. The van der Waals surface area contributed by atoms with Crippen LogP contribution in [0.15, 0.2) is 28.9 Å². The molecular formula is C13H9BrCl2N2O2. The Morgan fingerprint density at radius 2 is 2.00 bits per heavy atom. The van der Waals surface area contributed by atoms with Gasteiger partial charge < -0.3 is 10.4 Å². The molecule has 0 aliphatic rings. The van der Waals surface area contributed by atoms with Gasteiger partial charge in [-0.3, -0.25) is 4.98 Å². The summed E-state index contributed by atoms with van der Waals surface area (Å²) in [6, 6.07) is 5.07. The Hall–Kier alpha value is -1.30. The Morgan fingerprint density at radius 1 is 1.30 bits per heavy atom. The van der Waals surface area contributed by atoms with Crippen LogP contribution in [0.3, 0.4) is 0 Å². The first-order chi connectivity index (χ1) is 9.40. The van der Waals surface area contributed by atoms with Crippen molar-refractivity contribution in [2.24, 2.45) is 0 Å². The number of pyridine rings is 1. The second kappa shape index (κ2) is 5.99. The van der Waals surface area contributed by atoms with Gasteiger partial charge >= 0.3 is 5.97 Å². The van der Waals surface area contributed by atoms with Gasteiger partial charge in [-0.2, -0.15) is 0 Å². The lowest BCUT2D eigenvalue weighted by molar-refractivity contribution is 0.0697. The van der Waals surface area contributed by atoms with Crippen molar-refractivity contribution in [1.29, 1.82) is 0 Å². The number of benzene rings is 1. The van der Waals surface area contributed by atoms with E-state index in [1.807, 2.05) is 0 Å².